The Bertz CT molecular complexity index is 111. The van der Waals surface area contributed by atoms with Gasteiger partial charge in [-0.25, -0.2) is 0 Å². The van der Waals surface area contributed by atoms with Crippen LogP contribution in [0.2, 0.25) is 0 Å². The van der Waals surface area contributed by atoms with Crippen molar-refractivity contribution in [2.75, 3.05) is 26.4 Å². The Morgan fingerprint density at radius 3 is 2.33 bits per heavy atom. The lowest BCUT2D eigenvalue weighted by Gasteiger charge is -2.15. The first-order valence-corrected chi connectivity index (χ1v) is 4.43. The topological polar surface area (TPSA) is 65.0 Å². The smallest absolute Gasteiger partial charge is 0.0934 e. The number of hydrogen-bond acceptors (Lipinski definition) is 4. The van der Waals surface area contributed by atoms with E-state index >= 15 is 0 Å². The van der Waals surface area contributed by atoms with Gasteiger partial charge in [0.2, 0.25) is 0 Å². The van der Waals surface area contributed by atoms with Gasteiger partial charge in [0, 0.05) is 25.8 Å². The second kappa shape index (κ2) is 5.48. The van der Waals surface area contributed by atoms with Gasteiger partial charge in [-0.2, -0.15) is 0 Å². The van der Waals surface area contributed by atoms with Crippen LogP contribution < -0.4 is 5.32 Å². The molecule has 3 N–H and O–H groups in total. The lowest BCUT2D eigenvalue weighted by Crippen LogP contribution is -2.33. The summed E-state index contributed by atoms with van der Waals surface area (Å²) in [7, 11) is 0. The normalized spacial score (nSPS) is 21.8. The van der Waals surface area contributed by atoms with Crippen molar-refractivity contribution in [3.05, 3.63) is 0 Å². The predicted octanol–water partition coefficient (Wildman–Crippen LogP) is -0.892. The van der Waals surface area contributed by atoms with E-state index in [4.69, 9.17) is 14.9 Å². The van der Waals surface area contributed by atoms with Crippen molar-refractivity contribution in [2.24, 2.45) is 0 Å². The van der Waals surface area contributed by atoms with Crippen molar-refractivity contribution >= 4 is 0 Å². The van der Waals surface area contributed by atoms with Crippen LogP contribution in [0.15, 0.2) is 0 Å². The van der Waals surface area contributed by atoms with E-state index in [0.717, 1.165) is 13.2 Å². The molecule has 1 heterocycles. The van der Waals surface area contributed by atoms with Crippen molar-refractivity contribution < 1.29 is 14.9 Å². The summed E-state index contributed by atoms with van der Waals surface area (Å²) in [5.74, 6) is 0. The number of aliphatic hydroxyl groups is 2. The third-order valence-electron chi connectivity index (χ3n) is 1.99. The average Bonchev–Trinajstić information content (AvgIpc) is 2.84. The minimum atomic E-state index is 0.170. The second-order valence-electron chi connectivity index (χ2n) is 3.09. The fourth-order valence-corrected chi connectivity index (χ4v) is 1.14. The maximum atomic E-state index is 8.69. The highest BCUT2D eigenvalue weighted by Crippen LogP contribution is 2.07. The van der Waals surface area contributed by atoms with Gasteiger partial charge in [-0.3, -0.25) is 0 Å². The molecule has 0 saturated carbocycles. The molecule has 1 fully saturated rings. The zero-order chi connectivity index (χ0) is 8.81. The molecule has 1 unspecified atom stereocenters. The van der Waals surface area contributed by atoms with Gasteiger partial charge < -0.3 is 20.3 Å². The molecule has 0 bridgehead atoms. The first-order valence-electron chi connectivity index (χ1n) is 4.43. The highest BCUT2D eigenvalue weighted by atomic mass is 16.6. The Kier molecular flexibility index (Phi) is 4.53. The first-order chi connectivity index (χ1) is 5.86. The maximum Gasteiger partial charge on any atom is 0.0934 e. The van der Waals surface area contributed by atoms with Crippen LogP contribution in [0.3, 0.4) is 0 Å². The van der Waals surface area contributed by atoms with Gasteiger partial charge in [-0.05, 0) is 12.8 Å². The molecule has 0 amide bonds. The van der Waals surface area contributed by atoms with E-state index in [-0.39, 0.29) is 19.3 Å². The molecule has 1 saturated heterocycles. The van der Waals surface area contributed by atoms with E-state index in [1.54, 1.807) is 0 Å². The molecule has 0 aromatic heterocycles. The lowest BCUT2D eigenvalue weighted by atomic mass is 10.1. The van der Waals surface area contributed by atoms with Gasteiger partial charge in [0.05, 0.1) is 12.7 Å². The minimum absolute atomic E-state index is 0.170. The summed E-state index contributed by atoms with van der Waals surface area (Å²) in [4.78, 5) is 0. The number of aliphatic hydroxyl groups excluding tert-OH is 2. The Hall–Kier alpha value is -0.160. The molecule has 72 valence electrons. The van der Waals surface area contributed by atoms with E-state index in [2.05, 4.69) is 5.32 Å². The van der Waals surface area contributed by atoms with Gasteiger partial charge in [-0.15, -0.1) is 0 Å². The fraction of sp³-hybridized carbons (Fsp3) is 1.00. The van der Waals surface area contributed by atoms with Crippen molar-refractivity contribution in [1.29, 1.82) is 0 Å². The second-order valence-corrected chi connectivity index (χ2v) is 3.09. The van der Waals surface area contributed by atoms with Gasteiger partial charge in [0.25, 0.3) is 0 Å². The standard InChI is InChI=1S/C8H17NO3/c10-3-1-7(2-4-11)9-5-8-6-12-8/h7-11H,1-6H2. The van der Waals surface area contributed by atoms with Crippen LogP contribution in [0.4, 0.5) is 0 Å². The van der Waals surface area contributed by atoms with Crippen LogP contribution >= 0.6 is 0 Å². The van der Waals surface area contributed by atoms with E-state index in [1.807, 2.05) is 0 Å². The molecule has 1 rings (SSSR count). The quantitative estimate of drug-likeness (QED) is 0.439. The highest BCUT2D eigenvalue weighted by Gasteiger charge is 2.22. The molecule has 0 aromatic rings. The van der Waals surface area contributed by atoms with Crippen molar-refractivity contribution in [2.45, 2.75) is 25.0 Å². The number of hydrogen-bond donors (Lipinski definition) is 3. The third kappa shape index (κ3) is 4.01. The SMILES string of the molecule is OCCC(CCO)NCC1CO1. The Balaban J connectivity index is 2.03. The van der Waals surface area contributed by atoms with Crippen molar-refractivity contribution in [3.63, 3.8) is 0 Å². The summed E-state index contributed by atoms with van der Waals surface area (Å²) < 4.78 is 5.03. The summed E-state index contributed by atoms with van der Waals surface area (Å²) in [6.45, 7) is 2.02. The molecular formula is C8H17NO3. The van der Waals surface area contributed by atoms with Gasteiger partial charge >= 0.3 is 0 Å². The predicted molar refractivity (Wildman–Crippen MR) is 44.9 cm³/mol. The van der Waals surface area contributed by atoms with Gasteiger partial charge in [0.1, 0.15) is 0 Å². The van der Waals surface area contributed by atoms with Crippen LogP contribution in [0.5, 0.6) is 0 Å². The molecular weight excluding hydrogens is 158 g/mol. The third-order valence-corrected chi connectivity index (χ3v) is 1.99. The molecule has 4 heteroatoms. The Morgan fingerprint density at radius 1 is 1.33 bits per heavy atom. The summed E-state index contributed by atoms with van der Waals surface area (Å²) in [6, 6.07) is 0.226. The van der Waals surface area contributed by atoms with Crippen LogP contribution in [0, 0.1) is 0 Å². The molecule has 0 radical (unpaired) electrons. The van der Waals surface area contributed by atoms with E-state index in [9.17, 15) is 0 Å². The van der Waals surface area contributed by atoms with Crippen LogP contribution in [0.1, 0.15) is 12.8 Å². The van der Waals surface area contributed by atoms with Crippen LogP contribution in [0.25, 0.3) is 0 Å². The van der Waals surface area contributed by atoms with Crippen LogP contribution in [-0.2, 0) is 4.74 Å². The number of nitrogens with one attached hydrogen (secondary N) is 1. The van der Waals surface area contributed by atoms with E-state index in [1.165, 1.54) is 0 Å². The van der Waals surface area contributed by atoms with Crippen molar-refractivity contribution in [3.8, 4) is 0 Å². The van der Waals surface area contributed by atoms with Crippen molar-refractivity contribution in [1.82, 2.24) is 5.32 Å². The maximum absolute atomic E-state index is 8.69. The Labute approximate surface area is 72.5 Å². The van der Waals surface area contributed by atoms with E-state index < -0.39 is 0 Å². The fourth-order valence-electron chi connectivity index (χ4n) is 1.14. The highest BCUT2D eigenvalue weighted by molar-refractivity contribution is 4.75. The monoisotopic (exact) mass is 175 g/mol. The van der Waals surface area contributed by atoms with Gasteiger partial charge in [-0.1, -0.05) is 0 Å². The summed E-state index contributed by atoms with van der Waals surface area (Å²) in [6.07, 6.45) is 1.77. The number of ether oxygens (including phenoxy) is 1. The molecule has 4 nitrogen and oxygen atoms in total. The Morgan fingerprint density at radius 2 is 1.92 bits per heavy atom. The summed E-state index contributed by atoms with van der Waals surface area (Å²) in [5, 5.41) is 20.6. The molecule has 0 aliphatic carbocycles. The first kappa shape index (κ1) is 9.92. The van der Waals surface area contributed by atoms with Gasteiger partial charge in [0.15, 0.2) is 0 Å². The number of epoxide rings is 1. The summed E-state index contributed by atoms with van der Waals surface area (Å²) >= 11 is 0. The average molecular weight is 175 g/mol. The molecule has 1 aliphatic heterocycles. The summed E-state index contributed by atoms with van der Waals surface area (Å²) in [5.41, 5.74) is 0. The molecule has 1 aliphatic rings. The molecule has 0 spiro atoms. The minimum Gasteiger partial charge on any atom is -0.396 e. The number of rotatable bonds is 7. The zero-order valence-corrected chi connectivity index (χ0v) is 7.20. The lowest BCUT2D eigenvalue weighted by molar-refractivity contribution is 0.225. The zero-order valence-electron chi connectivity index (χ0n) is 7.20. The molecule has 12 heavy (non-hydrogen) atoms. The molecule has 0 aromatic carbocycles. The van der Waals surface area contributed by atoms with Crippen LogP contribution in [-0.4, -0.2) is 48.7 Å². The molecule has 1 atom stereocenters. The van der Waals surface area contributed by atoms with E-state index in [0.29, 0.717) is 18.9 Å². The largest absolute Gasteiger partial charge is 0.396 e.